The molecule has 0 unspecified atom stereocenters. The number of carbonyl (C=O) groups is 1. The Balaban J connectivity index is 2.31. The number of nitrogens with zero attached hydrogens (tertiary/aromatic N) is 4. The lowest BCUT2D eigenvalue weighted by Gasteiger charge is -2.03. The molecule has 6 nitrogen and oxygen atoms in total. The lowest BCUT2D eigenvalue weighted by atomic mass is 10.5. The normalized spacial score (nSPS) is 9.93. The van der Waals surface area contributed by atoms with Gasteiger partial charge in [-0.1, -0.05) is 0 Å². The monoisotopic (exact) mass is 203 g/mol. The summed E-state index contributed by atoms with van der Waals surface area (Å²) in [6.07, 6.45) is 4.79. The molecule has 2 heterocycles. The van der Waals surface area contributed by atoms with Crippen molar-refractivity contribution >= 4 is 11.7 Å². The minimum Gasteiger partial charge on any atom is -0.311 e. The maximum atomic E-state index is 10.8. The third kappa shape index (κ3) is 2.16. The van der Waals surface area contributed by atoms with E-state index in [2.05, 4.69) is 20.4 Å². The molecule has 2 aromatic heterocycles. The van der Waals surface area contributed by atoms with E-state index in [1.807, 2.05) is 0 Å². The van der Waals surface area contributed by atoms with Gasteiger partial charge in [0.25, 0.3) is 0 Å². The fraction of sp³-hybridized carbons (Fsp3) is 0.111. The first-order valence-corrected chi connectivity index (χ1v) is 4.35. The molecule has 6 heteroatoms. The summed E-state index contributed by atoms with van der Waals surface area (Å²) in [5.41, 5.74) is 0. The number of carbonyl (C=O) groups excluding carboxylic acids is 1. The van der Waals surface area contributed by atoms with Gasteiger partial charge in [-0.3, -0.25) is 4.79 Å². The molecule has 0 saturated carbocycles. The SMILES string of the molecule is CC(=O)Nc1cc(-n2cccn2)ncn1. The molecule has 76 valence electrons. The fourth-order valence-corrected chi connectivity index (χ4v) is 1.13. The number of hydrogen-bond acceptors (Lipinski definition) is 4. The first-order chi connectivity index (χ1) is 7.25. The maximum absolute atomic E-state index is 10.8. The number of aromatic nitrogens is 4. The molecule has 0 aliphatic rings. The number of amides is 1. The summed E-state index contributed by atoms with van der Waals surface area (Å²) in [5.74, 6) is 0.905. The summed E-state index contributed by atoms with van der Waals surface area (Å²) >= 11 is 0. The van der Waals surface area contributed by atoms with E-state index in [4.69, 9.17) is 0 Å². The zero-order chi connectivity index (χ0) is 10.7. The minimum absolute atomic E-state index is 0.167. The molecule has 0 aliphatic carbocycles. The van der Waals surface area contributed by atoms with Crippen molar-refractivity contribution in [3.63, 3.8) is 0 Å². The molecule has 1 amide bonds. The molecule has 0 bridgehead atoms. The quantitative estimate of drug-likeness (QED) is 0.776. The van der Waals surface area contributed by atoms with Crippen LogP contribution in [0.2, 0.25) is 0 Å². The van der Waals surface area contributed by atoms with Gasteiger partial charge in [0, 0.05) is 25.4 Å². The van der Waals surface area contributed by atoms with Crippen molar-refractivity contribution < 1.29 is 4.79 Å². The zero-order valence-corrected chi connectivity index (χ0v) is 8.08. The number of hydrogen-bond donors (Lipinski definition) is 1. The van der Waals surface area contributed by atoms with Crippen LogP contribution in [0.15, 0.2) is 30.9 Å². The molecule has 0 saturated heterocycles. The maximum Gasteiger partial charge on any atom is 0.222 e. The second kappa shape index (κ2) is 3.87. The summed E-state index contributed by atoms with van der Waals surface area (Å²) < 4.78 is 1.59. The molecule has 15 heavy (non-hydrogen) atoms. The molecule has 0 atom stereocenters. The topological polar surface area (TPSA) is 72.7 Å². The molecule has 0 aromatic carbocycles. The third-order valence-corrected chi connectivity index (χ3v) is 1.70. The van der Waals surface area contributed by atoms with Gasteiger partial charge in [0.2, 0.25) is 5.91 Å². The standard InChI is InChI=1S/C9H9N5O/c1-7(15)13-8-5-9(11-6-10-8)14-4-2-3-12-14/h2-6H,1H3,(H,10,11,13,15). The van der Waals surface area contributed by atoms with Gasteiger partial charge >= 0.3 is 0 Å². The van der Waals surface area contributed by atoms with Gasteiger partial charge in [0.15, 0.2) is 5.82 Å². The van der Waals surface area contributed by atoms with E-state index in [1.54, 1.807) is 29.2 Å². The van der Waals surface area contributed by atoms with Gasteiger partial charge in [0.1, 0.15) is 12.1 Å². The van der Waals surface area contributed by atoms with Gasteiger partial charge < -0.3 is 5.32 Å². The van der Waals surface area contributed by atoms with E-state index in [9.17, 15) is 4.79 Å². The molecular weight excluding hydrogens is 194 g/mol. The molecule has 2 aromatic rings. The highest BCUT2D eigenvalue weighted by molar-refractivity contribution is 5.87. The Kier molecular flexibility index (Phi) is 2.40. The predicted octanol–water partition coefficient (Wildman–Crippen LogP) is 0.621. The summed E-state index contributed by atoms with van der Waals surface area (Å²) in [7, 11) is 0. The molecule has 0 radical (unpaired) electrons. The molecule has 0 spiro atoms. The molecule has 1 N–H and O–H groups in total. The van der Waals surface area contributed by atoms with Gasteiger partial charge in [-0.05, 0) is 6.07 Å². The lowest BCUT2D eigenvalue weighted by Crippen LogP contribution is -2.09. The summed E-state index contributed by atoms with van der Waals surface area (Å²) in [4.78, 5) is 18.7. The highest BCUT2D eigenvalue weighted by atomic mass is 16.1. The van der Waals surface area contributed by atoms with Crippen LogP contribution in [-0.2, 0) is 4.79 Å². The lowest BCUT2D eigenvalue weighted by molar-refractivity contribution is -0.114. The highest BCUT2D eigenvalue weighted by Crippen LogP contribution is 2.07. The number of anilines is 1. The number of nitrogens with one attached hydrogen (secondary N) is 1. The minimum atomic E-state index is -0.167. The predicted molar refractivity (Wildman–Crippen MR) is 53.5 cm³/mol. The summed E-state index contributed by atoms with van der Waals surface area (Å²) in [5, 5.41) is 6.60. The van der Waals surface area contributed by atoms with Crippen LogP contribution in [0.4, 0.5) is 5.82 Å². The van der Waals surface area contributed by atoms with E-state index in [0.29, 0.717) is 11.6 Å². The van der Waals surface area contributed by atoms with Gasteiger partial charge in [-0.2, -0.15) is 5.10 Å². The van der Waals surface area contributed by atoms with Gasteiger partial charge in [-0.15, -0.1) is 0 Å². The van der Waals surface area contributed by atoms with Crippen LogP contribution >= 0.6 is 0 Å². The van der Waals surface area contributed by atoms with Crippen molar-refractivity contribution in [1.82, 2.24) is 19.7 Å². The largest absolute Gasteiger partial charge is 0.311 e. The van der Waals surface area contributed by atoms with Gasteiger partial charge in [-0.25, -0.2) is 14.6 Å². The Bertz CT molecular complexity index is 465. The van der Waals surface area contributed by atoms with Crippen molar-refractivity contribution in [2.75, 3.05) is 5.32 Å². The first-order valence-electron chi connectivity index (χ1n) is 4.35. The molecule has 0 aliphatic heterocycles. The fourth-order valence-electron chi connectivity index (χ4n) is 1.13. The average Bonchev–Trinajstić information content (AvgIpc) is 2.69. The summed E-state index contributed by atoms with van der Waals surface area (Å²) in [6, 6.07) is 3.44. The van der Waals surface area contributed by atoms with Crippen molar-refractivity contribution in [3.8, 4) is 5.82 Å². The Hall–Kier alpha value is -2.24. The second-order valence-electron chi connectivity index (χ2n) is 2.89. The Morgan fingerprint density at radius 1 is 1.47 bits per heavy atom. The Morgan fingerprint density at radius 2 is 2.33 bits per heavy atom. The van der Waals surface area contributed by atoms with Crippen LogP contribution in [0.5, 0.6) is 0 Å². The van der Waals surface area contributed by atoms with E-state index in [1.165, 1.54) is 13.3 Å². The Morgan fingerprint density at radius 3 is 3.00 bits per heavy atom. The highest BCUT2D eigenvalue weighted by Gasteiger charge is 2.01. The van der Waals surface area contributed by atoms with Crippen molar-refractivity contribution in [1.29, 1.82) is 0 Å². The molecule has 0 fully saturated rings. The van der Waals surface area contributed by atoms with E-state index in [-0.39, 0.29) is 5.91 Å². The second-order valence-corrected chi connectivity index (χ2v) is 2.89. The van der Waals surface area contributed by atoms with Crippen LogP contribution in [0.1, 0.15) is 6.92 Å². The van der Waals surface area contributed by atoms with Gasteiger partial charge in [0.05, 0.1) is 0 Å². The van der Waals surface area contributed by atoms with E-state index < -0.39 is 0 Å². The first kappa shape index (κ1) is 9.32. The van der Waals surface area contributed by atoms with Crippen molar-refractivity contribution in [2.45, 2.75) is 6.92 Å². The van der Waals surface area contributed by atoms with Crippen molar-refractivity contribution in [2.24, 2.45) is 0 Å². The van der Waals surface area contributed by atoms with Crippen molar-refractivity contribution in [3.05, 3.63) is 30.9 Å². The number of rotatable bonds is 2. The average molecular weight is 203 g/mol. The van der Waals surface area contributed by atoms with Crippen LogP contribution < -0.4 is 5.32 Å². The smallest absolute Gasteiger partial charge is 0.222 e. The summed E-state index contributed by atoms with van der Waals surface area (Å²) in [6.45, 7) is 1.43. The molecular formula is C9H9N5O. The van der Waals surface area contributed by atoms with Crippen LogP contribution in [0.3, 0.4) is 0 Å². The zero-order valence-electron chi connectivity index (χ0n) is 8.08. The van der Waals surface area contributed by atoms with E-state index >= 15 is 0 Å². The van der Waals surface area contributed by atoms with Crippen LogP contribution in [-0.4, -0.2) is 25.7 Å². The molecule has 2 rings (SSSR count). The Labute approximate surface area is 86.0 Å². The van der Waals surface area contributed by atoms with E-state index in [0.717, 1.165) is 0 Å². The van der Waals surface area contributed by atoms with Crippen LogP contribution in [0.25, 0.3) is 5.82 Å². The van der Waals surface area contributed by atoms with Crippen LogP contribution in [0, 0.1) is 0 Å². The third-order valence-electron chi connectivity index (χ3n) is 1.70.